The van der Waals surface area contributed by atoms with Crippen LogP contribution in [0.1, 0.15) is 30.4 Å². The van der Waals surface area contributed by atoms with E-state index < -0.39 is 0 Å². The zero-order valence-electron chi connectivity index (χ0n) is 14.3. The summed E-state index contributed by atoms with van der Waals surface area (Å²) in [6.07, 6.45) is 2.67. The number of carbonyl (C=O) groups is 1. The number of Topliss-reactive ketones (excluding diaryl/α,β-unsaturated/α-hetero) is 1. The van der Waals surface area contributed by atoms with Gasteiger partial charge in [-0.25, -0.2) is 0 Å². The number of hydrogen-bond donors (Lipinski definition) is 1. The van der Waals surface area contributed by atoms with Gasteiger partial charge in [-0.3, -0.25) is 4.79 Å². The first-order chi connectivity index (χ1) is 12.3. The Bertz CT molecular complexity index is 818. The van der Waals surface area contributed by atoms with Crippen molar-refractivity contribution >= 4 is 11.5 Å². The Morgan fingerprint density at radius 2 is 1.80 bits per heavy atom. The third-order valence-corrected chi connectivity index (χ3v) is 6.78. The van der Waals surface area contributed by atoms with Gasteiger partial charge in [0.15, 0.2) is 0 Å². The molecule has 25 heavy (non-hydrogen) atoms. The zero-order valence-corrected chi connectivity index (χ0v) is 14.3. The Morgan fingerprint density at radius 3 is 2.60 bits per heavy atom. The highest BCUT2D eigenvalue weighted by Gasteiger charge is 2.68. The molecule has 2 aromatic carbocycles. The van der Waals surface area contributed by atoms with Crippen LogP contribution in [0.3, 0.4) is 0 Å². The van der Waals surface area contributed by atoms with Gasteiger partial charge in [0, 0.05) is 42.1 Å². The second-order valence-corrected chi connectivity index (χ2v) is 7.73. The standard InChI is InChI=1S/C22H23NO2/c24-13-12-22-17-8-4-5-9-19(17)23(14-15-6-2-1-3-7-15)21(22)16-10-11-18(22)20(16)25/h1-9,16,18,21,24H,10-14H2/t16?,18?,21-,22+/m1/s1. The molecule has 0 aromatic heterocycles. The van der Waals surface area contributed by atoms with E-state index in [1.54, 1.807) is 0 Å². The Balaban J connectivity index is 1.66. The first-order valence-electron chi connectivity index (χ1n) is 9.32. The zero-order chi connectivity index (χ0) is 17.0. The molecule has 5 rings (SSSR count). The summed E-state index contributed by atoms with van der Waals surface area (Å²) in [4.78, 5) is 15.4. The monoisotopic (exact) mass is 333 g/mol. The van der Waals surface area contributed by atoms with Crippen molar-refractivity contribution in [3.8, 4) is 0 Å². The average Bonchev–Trinajstić information content (AvgIpc) is 3.22. The summed E-state index contributed by atoms with van der Waals surface area (Å²) in [5.41, 5.74) is 3.62. The Hall–Kier alpha value is -2.13. The molecule has 0 radical (unpaired) electrons. The fourth-order valence-electron chi connectivity index (χ4n) is 5.99. The van der Waals surface area contributed by atoms with Gasteiger partial charge in [-0.2, -0.15) is 0 Å². The number of aliphatic hydroxyl groups excluding tert-OH is 1. The molecule has 2 aliphatic carbocycles. The second kappa shape index (κ2) is 5.43. The van der Waals surface area contributed by atoms with Crippen LogP contribution in [0.25, 0.3) is 0 Å². The third kappa shape index (κ3) is 1.87. The Kier molecular flexibility index (Phi) is 3.29. The highest BCUT2D eigenvalue weighted by molar-refractivity contribution is 5.94. The number of para-hydroxylation sites is 1. The van der Waals surface area contributed by atoms with Crippen molar-refractivity contribution in [1.82, 2.24) is 0 Å². The van der Waals surface area contributed by atoms with Gasteiger partial charge in [0.1, 0.15) is 5.78 Å². The van der Waals surface area contributed by atoms with Crippen LogP contribution in [-0.2, 0) is 16.8 Å². The highest BCUT2D eigenvalue weighted by Crippen LogP contribution is 2.64. The molecule has 1 N–H and O–H groups in total. The van der Waals surface area contributed by atoms with Gasteiger partial charge in [-0.1, -0.05) is 48.5 Å². The predicted molar refractivity (Wildman–Crippen MR) is 97.5 cm³/mol. The summed E-state index contributed by atoms with van der Waals surface area (Å²) in [6.45, 7) is 0.965. The number of anilines is 1. The van der Waals surface area contributed by atoms with E-state index in [9.17, 15) is 9.90 Å². The molecule has 3 nitrogen and oxygen atoms in total. The van der Waals surface area contributed by atoms with Gasteiger partial charge in [-0.05, 0) is 36.5 Å². The van der Waals surface area contributed by atoms with E-state index in [2.05, 4.69) is 53.4 Å². The summed E-state index contributed by atoms with van der Waals surface area (Å²) in [5, 5.41) is 9.85. The first-order valence-corrected chi connectivity index (χ1v) is 9.32. The Labute approximate surface area is 148 Å². The number of rotatable bonds is 4. The van der Waals surface area contributed by atoms with Crippen molar-refractivity contribution in [2.45, 2.75) is 37.3 Å². The minimum absolute atomic E-state index is 0.0802. The van der Waals surface area contributed by atoms with Gasteiger partial charge >= 0.3 is 0 Å². The highest BCUT2D eigenvalue weighted by atomic mass is 16.3. The van der Waals surface area contributed by atoms with Crippen molar-refractivity contribution in [2.24, 2.45) is 11.8 Å². The molecule has 3 heteroatoms. The molecule has 2 bridgehead atoms. The van der Waals surface area contributed by atoms with Crippen LogP contribution in [0.15, 0.2) is 54.6 Å². The summed E-state index contributed by atoms with van der Waals surface area (Å²) in [7, 11) is 0. The summed E-state index contributed by atoms with van der Waals surface area (Å²) in [5.74, 6) is 0.634. The van der Waals surface area contributed by atoms with Crippen LogP contribution in [0.4, 0.5) is 5.69 Å². The number of benzene rings is 2. The van der Waals surface area contributed by atoms with Crippen molar-refractivity contribution in [3.05, 3.63) is 65.7 Å². The van der Waals surface area contributed by atoms with Gasteiger partial charge in [0.25, 0.3) is 0 Å². The van der Waals surface area contributed by atoms with Crippen molar-refractivity contribution in [3.63, 3.8) is 0 Å². The summed E-state index contributed by atoms with van der Waals surface area (Å²) >= 11 is 0. The summed E-state index contributed by atoms with van der Waals surface area (Å²) in [6, 6.07) is 19.3. The third-order valence-electron chi connectivity index (χ3n) is 6.78. The number of ketones is 1. The summed E-state index contributed by atoms with van der Waals surface area (Å²) < 4.78 is 0. The maximum Gasteiger partial charge on any atom is 0.142 e. The fourth-order valence-corrected chi connectivity index (χ4v) is 5.99. The lowest BCUT2D eigenvalue weighted by Crippen LogP contribution is -2.49. The predicted octanol–water partition coefficient (Wildman–Crippen LogP) is 3.30. The number of aliphatic hydroxyl groups is 1. The Morgan fingerprint density at radius 1 is 1.04 bits per heavy atom. The maximum atomic E-state index is 13.0. The molecule has 0 saturated heterocycles. The van der Waals surface area contributed by atoms with Gasteiger partial charge in [-0.15, -0.1) is 0 Å². The molecule has 1 heterocycles. The van der Waals surface area contributed by atoms with Crippen molar-refractivity contribution < 1.29 is 9.90 Å². The van der Waals surface area contributed by atoms with Crippen LogP contribution in [0.5, 0.6) is 0 Å². The largest absolute Gasteiger partial charge is 0.396 e. The maximum absolute atomic E-state index is 13.0. The normalized spacial score (nSPS) is 32.1. The van der Waals surface area contributed by atoms with Crippen LogP contribution < -0.4 is 4.90 Å². The minimum Gasteiger partial charge on any atom is -0.396 e. The molecule has 1 aliphatic heterocycles. The van der Waals surface area contributed by atoms with Crippen molar-refractivity contribution in [1.29, 1.82) is 0 Å². The molecule has 2 unspecified atom stereocenters. The number of fused-ring (bicyclic) bond motifs is 7. The van der Waals surface area contributed by atoms with Gasteiger partial charge in [0.2, 0.25) is 0 Å². The van der Waals surface area contributed by atoms with Crippen LogP contribution in [0.2, 0.25) is 0 Å². The second-order valence-electron chi connectivity index (χ2n) is 7.73. The van der Waals surface area contributed by atoms with Crippen molar-refractivity contribution in [2.75, 3.05) is 11.5 Å². The van der Waals surface area contributed by atoms with E-state index in [4.69, 9.17) is 0 Å². The molecule has 2 fully saturated rings. The van der Waals surface area contributed by atoms with E-state index in [1.165, 1.54) is 16.8 Å². The van der Waals surface area contributed by atoms with E-state index in [0.717, 1.165) is 19.4 Å². The number of nitrogens with zero attached hydrogens (tertiary/aromatic N) is 1. The van der Waals surface area contributed by atoms with E-state index in [-0.39, 0.29) is 29.9 Å². The quantitative estimate of drug-likeness (QED) is 0.933. The number of carbonyl (C=O) groups excluding carboxylic acids is 1. The van der Waals surface area contributed by atoms with Crippen LogP contribution in [-0.4, -0.2) is 23.5 Å². The molecule has 2 aromatic rings. The molecular weight excluding hydrogens is 310 g/mol. The lowest BCUT2D eigenvalue weighted by molar-refractivity contribution is -0.122. The van der Waals surface area contributed by atoms with Gasteiger partial charge in [0.05, 0.1) is 0 Å². The molecule has 3 aliphatic rings. The number of hydrogen-bond acceptors (Lipinski definition) is 3. The topological polar surface area (TPSA) is 40.5 Å². The van der Waals surface area contributed by atoms with E-state index in [1.807, 2.05) is 6.07 Å². The van der Waals surface area contributed by atoms with E-state index >= 15 is 0 Å². The smallest absolute Gasteiger partial charge is 0.142 e. The molecular formula is C22H23NO2. The first kappa shape index (κ1) is 15.2. The van der Waals surface area contributed by atoms with E-state index in [0.29, 0.717) is 12.2 Å². The lowest BCUT2D eigenvalue weighted by Gasteiger charge is -2.41. The molecule has 0 spiro atoms. The van der Waals surface area contributed by atoms with Crippen LogP contribution in [0, 0.1) is 11.8 Å². The SMILES string of the molecule is O=C1C2CCC1[C@]1(CCO)c3ccccc3N(Cc3ccccc3)[C@H]21. The minimum atomic E-state index is -0.194. The van der Waals surface area contributed by atoms with Crippen LogP contribution >= 0.6 is 0 Å². The fraction of sp³-hybridized carbons (Fsp3) is 0.409. The molecule has 4 atom stereocenters. The van der Waals surface area contributed by atoms with Gasteiger partial charge < -0.3 is 10.0 Å². The average molecular weight is 333 g/mol. The molecule has 128 valence electrons. The molecule has 0 amide bonds. The molecule has 2 saturated carbocycles. The lowest BCUT2D eigenvalue weighted by atomic mass is 9.65.